The topological polar surface area (TPSA) is 172 Å². The van der Waals surface area contributed by atoms with E-state index in [9.17, 15) is 14.6 Å². The van der Waals surface area contributed by atoms with Crippen molar-refractivity contribution in [3.63, 3.8) is 0 Å². The van der Waals surface area contributed by atoms with Crippen molar-refractivity contribution in [3.05, 3.63) is 144 Å². The molecule has 2 aromatic heterocycles. The summed E-state index contributed by atoms with van der Waals surface area (Å²) in [6.07, 6.45) is 0.919. The first-order valence-corrected chi connectivity index (χ1v) is 22.3. The highest BCUT2D eigenvalue weighted by molar-refractivity contribution is 7.51. The van der Waals surface area contributed by atoms with Gasteiger partial charge in [0.2, 0.25) is 0 Å². The fourth-order valence-electron chi connectivity index (χ4n) is 8.03. The zero-order chi connectivity index (χ0) is 44.6. The van der Waals surface area contributed by atoms with Gasteiger partial charge in [0.1, 0.15) is 35.8 Å². The summed E-state index contributed by atoms with van der Waals surface area (Å²) in [4.78, 5) is 26.8. The van der Waals surface area contributed by atoms with Gasteiger partial charge in [-0.2, -0.15) is 5.26 Å². The first-order chi connectivity index (χ1) is 30.5. The van der Waals surface area contributed by atoms with Gasteiger partial charge < -0.3 is 24.3 Å². The van der Waals surface area contributed by atoms with Crippen LogP contribution in [0.3, 0.4) is 0 Å². The van der Waals surface area contributed by atoms with Gasteiger partial charge in [0.15, 0.2) is 17.0 Å². The quantitative estimate of drug-likeness (QED) is 0.0465. The van der Waals surface area contributed by atoms with Gasteiger partial charge in [-0.3, -0.25) is 18.4 Å². The molecule has 6 aromatic rings. The summed E-state index contributed by atoms with van der Waals surface area (Å²) in [6.45, 7) is 7.36. The van der Waals surface area contributed by atoms with Crippen molar-refractivity contribution in [1.82, 2.24) is 24.2 Å². The van der Waals surface area contributed by atoms with Crippen molar-refractivity contribution in [2.24, 2.45) is 0 Å². The Kier molecular flexibility index (Phi) is 14.3. The van der Waals surface area contributed by atoms with Crippen LogP contribution in [0.2, 0.25) is 0 Å². The molecular formula is C47H52N7O8P. The lowest BCUT2D eigenvalue weighted by atomic mass is 9.79. The minimum Gasteiger partial charge on any atom is -0.497 e. The van der Waals surface area contributed by atoms with E-state index in [2.05, 4.69) is 26.3 Å². The molecule has 0 unspecified atom stereocenters. The molecule has 16 heteroatoms. The molecule has 0 saturated carbocycles. The van der Waals surface area contributed by atoms with Gasteiger partial charge >= 0.3 is 7.75 Å². The molecule has 0 radical (unpaired) electrons. The third kappa shape index (κ3) is 9.67. The number of fused-ring (bicyclic) bond motifs is 1. The fraction of sp³-hybridized carbons (Fsp3) is 0.340. The van der Waals surface area contributed by atoms with Gasteiger partial charge in [-0.25, -0.2) is 24.2 Å². The van der Waals surface area contributed by atoms with Crippen molar-refractivity contribution >= 4 is 30.6 Å². The van der Waals surface area contributed by atoms with Crippen LogP contribution in [0.5, 0.6) is 11.5 Å². The van der Waals surface area contributed by atoms with Gasteiger partial charge in [-0.05, 0) is 80.8 Å². The van der Waals surface area contributed by atoms with E-state index in [1.807, 2.05) is 113 Å². The Morgan fingerprint density at radius 1 is 0.857 bits per heavy atom. The number of methoxy groups -OCH3 is 2. The average Bonchev–Trinajstić information content (AvgIpc) is 3.92. The van der Waals surface area contributed by atoms with Crippen LogP contribution in [-0.2, 0) is 28.7 Å². The van der Waals surface area contributed by atoms with Gasteiger partial charge in [0.05, 0.1) is 52.4 Å². The van der Waals surface area contributed by atoms with Crippen molar-refractivity contribution in [1.29, 1.82) is 5.26 Å². The molecule has 0 spiro atoms. The molecule has 1 saturated heterocycles. The zero-order valence-electron chi connectivity index (χ0n) is 36.2. The number of benzene rings is 4. The third-order valence-corrected chi connectivity index (χ3v) is 13.3. The molecule has 1 aliphatic rings. The summed E-state index contributed by atoms with van der Waals surface area (Å²) < 4.78 is 56.4. The third-order valence-electron chi connectivity index (χ3n) is 10.8. The summed E-state index contributed by atoms with van der Waals surface area (Å²) in [6, 6.07) is 35.8. The lowest BCUT2D eigenvalue weighted by Gasteiger charge is -2.40. The number of anilines is 1. The standard InChI is InChI=1S/C47H52N7O8P/c1-32(2)54(33(3)4)63(56,59-27-13-26-48)60-29-41-40(28-42(61-41)53-31-51-43-44(49-30-50-45(43)53)52-46(55)34-14-9-7-10-15-34)62-47(35-16-11-8-12-17-35,36-18-22-38(57-5)23-19-36)37-20-24-39(58-6)25-21-37/h7-12,14-25,30-33,40-42H,13,27-29H2,1-6H3,(H,49,50,52,55)/t40-,41+,42+,63+/m0/s1. The number of aromatic nitrogens is 4. The van der Waals surface area contributed by atoms with E-state index >= 15 is 0 Å². The van der Waals surface area contributed by atoms with E-state index in [4.69, 9.17) is 28.0 Å². The molecule has 4 aromatic carbocycles. The number of ether oxygens (including phenoxy) is 4. The summed E-state index contributed by atoms with van der Waals surface area (Å²) in [5.74, 6) is 1.23. The number of nitrogens with one attached hydrogen (secondary N) is 1. The predicted octanol–water partition coefficient (Wildman–Crippen LogP) is 8.93. The minimum absolute atomic E-state index is 0.0256. The Morgan fingerprint density at radius 3 is 2.02 bits per heavy atom. The predicted molar refractivity (Wildman–Crippen MR) is 237 cm³/mol. The molecule has 7 rings (SSSR count). The Morgan fingerprint density at radius 2 is 1.44 bits per heavy atom. The Balaban J connectivity index is 1.33. The number of imidazole rings is 1. The highest BCUT2D eigenvalue weighted by atomic mass is 31.2. The molecule has 1 aliphatic heterocycles. The number of nitriles is 1. The molecule has 0 bridgehead atoms. The van der Waals surface area contributed by atoms with Crippen LogP contribution in [0.1, 0.15) is 73.8 Å². The number of rotatable bonds is 19. The molecule has 4 atom stereocenters. The number of hydrogen-bond donors (Lipinski definition) is 1. The van der Waals surface area contributed by atoms with Crippen LogP contribution in [0.25, 0.3) is 11.2 Å². The van der Waals surface area contributed by atoms with Crippen molar-refractivity contribution in [2.75, 3.05) is 32.8 Å². The molecule has 15 nitrogen and oxygen atoms in total. The van der Waals surface area contributed by atoms with Crippen LogP contribution in [0, 0.1) is 11.3 Å². The Bertz CT molecular complexity index is 2480. The number of nitrogens with zero attached hydrogens (tertiary/aromatic N) is 6. The van der Waals surface area contributed by atoms with Gasteiger partial charge in [-0.1, -0.05) is 72.8 Å². The van der Waals surface area contributed by atoms with Crippen LogP contribution in [-0.4, -0.2) is 81.8 Å². The van der Waals surface area contributed by atoms with Crippen LogP contribution in [0.4, 0.5) is 5.82 Å². The fourth-order valence-corrected chi connectivity index (χ4v) is 10.2. The minimum atomic E-state index is -4.02. The molecule has 1 amide bonds. The zero-order valence-corrected chi connectivity index (χ0v) is 37.1. The molecule has 1 N–H and O–H groups in total. The van der Waals surface area contributed by atoms with Crippen LogP contribution in [0.15, 0.2) is 122 Å². The molecule has 63 heavy (non-hydrogen) atoms. The highest BCUT2D eigenvalue weighted by Gasteiger charge is 2.48. The smallest absolute Gasteiger partial charge is 0.408 e. The lowest BCUT2D eigenvalue weighted by molar-refractivity contribution is -0.0981. The average molecular weight is 874 g/mol. The number of hydrogen-bond acceptors (Lipinski definition) is 12. The molecule has 1 fully saturated rings. The van der Waals surface area contributed by atoms with Gasteiger partial charge in [-0.15, -0.1) is 0 Å². The highest BCUT2D eigenvalue weighted by Crippen LogP contribution is 2.55. The Hall–Kier alpha value is -5.98. The summed E-state index contributed by atoms with van der Waals surface area (Å²) in [7, 11) is -0.783. The molecule has 0 aliphatic carbocycles. The second-order valence-electron chi connectivity index (χ2n) is 15.5. The summed E-state index contributed by atoms with van der Waals surface area (Å²) in [5, 5.41) is 12.2. The maximum absolute atomic E-state index is 14.9. The normalized spacial score (nSPS) is 17.5. The molecule has 328 valence electrons. The van der Waals surface area contributed by atoms with E-state index < -0.39 is 31.8 Å². The second-order valence-corrected chi connectivity index (χ2v) is 17.4. The summed E-state index contributed by atoms with van der Waals surface area (Å²) in [5.41, 5.74) is 2.43. The monoisotopic (exact) mass is 873 g/mol. The first-order valence-electron chi connectivity index (χ1n) is 20.8. The number of carbonyl (C=O) groups is 1. The van der Waals surface area contributed by atoms with E-state index in [1.54, 1.807) is 54.0 Å². The maximum Gasteiger partial charge on any atom is 0.408 e. The maximum atomic E-state index is 14.9. The van der Waals surface area contributed by atoms with Gasteiger partial charge in [0.25, 0.3) is 5.91 Å². The van der Waals surface area contributed by atoms with Crippen molar-refractivity contribution in [2.45, 2.75) is 76.7 Å². The van der Waals surface area contributed by atoms with E-state index in [0.29, 0.717) is 28.2 Å². The SMILES string of the molecule is COc1ccc(C(O[C@H]2C[C@H](n3cnc4c(NC(=O)c5ccccc5)ncnc43)O[C@@H]2CO[P@](=O)(OCCC#N)N(C(C)C)C(C)C)(c2ccccc2)c2ccc(OC)cc2)cc1. The molecule has 3 heterocycles. The number of amides is 1. The Labute approximate surface area is 367 Å². The van der Waals surface area contributed by atoms with E-state index in [1.165, 1.54) is 6.33 Å². The summed E-state index contributed by atoms with van der Waals surface area (Å²) >= 11 is 0. The van der Waals surface area contributed by atoms with E-state index in [-0.39, 0.29) is 49.9 Å². The van der Waals surface area contributed by atoms with Crippen LogP contribution < -0.4 is 14.8 Å². The van der Waals surface area contributed by atoms with Gasteiger partial charge in [0, 0.05) is 24.1 Å². The van der Waals surface area contributed by atoms with Crippen molar-refractivity contribution in [3.8, 4) is 17.6 Å². The largest absolute Gasteiger partial charge is 0.497 e. The second kappa shape index (κ2) is 20.0. The van der Waals surface area contributed by atoms with Crippen molar-refractivity contribution < 1.29 is 37.4 Å². The number of carbonyl (C=O) groups excluding carboxylic acids is 1. The molecular weight excluding hydrogens is 822 g/mol. The van der Waals surface area contributed by atoms with Crippen LogP contribution >= 0.6 is 7.75 Å². The lowest BCUT2D eigenvalue weighted by Crippen LogP contribution is -2.41. The first kappa shape index (κ1) is 45.1. The van der Waals surface area contributed by atoms with E-state index in [0.717, 1.165) is 16.7 Å².